The van der Waals surface area contributed by atoms with Crippen molar-refractivity contribution in [1.29, 1.82) is 0 Å². The molecule has 0 saturated carbocycles. The molecule has 0 spiro atoms. The minimum Gasteiger partial charge on any atom is -0.353 e. The van der Waals surface area contributed by atoms with E-state index in [1.807, 2.05) is 12.3 Å². The van der Waals surface area contributed by atoms with E-state index in [1.165, 1.54) is 22.3 Å². The first-order chi connectivity index (χ1) is 27.2. The van der Waals surface area contributed by atoms with Gasteiger partial charge in [0, 0.05) is 33.7 Å². The van der Waals surface area contributed by atoms with Crippen LogP contribution in [-0.2, 0) is 0 Å². The summed E-state index contributed by atoms with van der Waals surface area (Å²) in [5.41, 5.74) is 17.4. The zero-order chi connectivity index (χ0) is 36.6. The number of nitrogens with zero attached hydrogens (tertiary/aromatic N) is 2. The lowest BCUT2D eigenvalue weighted by Crippen LogP contribution is -1.92. The fraction of sp³-hybridized carbons (Fsp3) is 0. The quantitative estimate of drug-likeness (QED) is 0.180. The molecule has 3 nitrogen and oxygen atoms in total. The first-order valence-corrected chi connectivity index (χ1v) is 18.6. The molecule has 0 unspecified atom stereocenters. The van der Waals surface area contributed by atoms with E-state index in [2.05, 4.69) is 199 Å². The van der Waals surface area contributed by atoms with Crippen LogP contribution in [0, 0.1) is 0 Å². The summed E-state index contributed by atoms with van der Waals surface area (Å²) < 4.78 is 0. The van der Waals surface area contributed by atoms with E-state index in [-0.39, 0.29) is 0 Å². The molecular weight excluding hydrogens is 667 g/mol. The fourth-order valence-electron chi connectivity index (χ4n) is 7.72. The van der Waals surface area contributed by atoms with E-state index < -0.39 is 0 Å². The van der Waals surface area contributed by atoms with Gasteiger partial charge in [0.15, 0.2) is 0 Å². The molecule has 0 atom stereocenters. The lowest BCUT2D eigenvalue weighted by Gasteiger charge is -2.12. The van der Waals surface area contributed by atoms with Crippen LogP contribution in [0.25, 0.3) is 100 Å². The molecule has 1 N–H and O–H groups in total. The highest BCUT2D eigenvalue weighted by atomic mass is 14.8. The van der Waals surface area contributed by atoms with E-state index in [9.17, 15) is 0 Å². The van der Waals surface area contributed by atoms with Crippen LogP contribution < -0.4 is 0 Å². The van der Waals surface area contributed by atoms with E-state index in [0.717, 1.165) is 77.8 Å². The maximum atomic E-state index is 5.37. The molecule has 3 heterocycles. The molecular formula is C52H35N3. The van der Waals surface area contributed by atoms with E-state index in [0.29, 0.717) is 0 Å². The van der Waals surface area contributed by atoms with Gasteiger partial charge in [0.25, 0.3) is 0 Å². The highest BCUT2D eigenvalue weighted by Crippen LogP contribution is 2.39. The molecule has 10 aromatic rings. The second-order valence-electron chi connectivity index (χ2n) is 13.9. The van der Waals surface area contributed by atoms with Gasteiger partial charge >= 0.3 is 0 Å². The van der Waals surface area contributed by atoms with Crippen molar-refractivity contribution in [3.05, 3.63) is 206 Å². The molecule has 0 saturated heterocycles. The largest absolute Gasteiger partial charge is 0.353 e. The highest BCUT2D eigenvalue weighted by Gasteiger charge is 2.17. The first kappa shape index (κ1) is 32.3. The third kappa shape index (κ3) is 6.18. The molecule has 0 aliphatic rings. The number of benzene rings is 7. The standard InChI is InChI=1S/C52H35N3/c1-4-13-35(14-5-1)38-25-27-39(28-26-38)41-29-30-53-49(32-41)46-23-11-21-44-45-22-12-24-47(52(45)55-51(44)46)50-34-43(37-17-8-3-9-18-37)33-48(54-50)42-20-10-19-40(31-42)36-15-6-2-7-16-36/h1-34,55H. The molecule has 0 amide bonds. The Hall–Kier alpha value is -7.36. The highest BCUT2D eigenvalue weighted by molar-refractivity contribution is 6.15. The molecule has 258 valence electrons. The van der Waals surface area contributed by atoms with Crippen LogP contribution >= 0.6 is 0 Å². The molecule has 0 aliphatic carbocycles. The summed E-state index contributed by atoms with van der Waals surface area (Å²) in [5, 5.41) is 2.31. The van der Waals surface area contributed by atoms with Gasteiger partial charge in [-0.2, -0.15) is 0 Å². The van der Waals surface area contributed by atoms with Crippen LogP contribution in [0.15, 0.2) is 206 Å². The molecule has 0 bridgehead atoms. The average molecular weight is 702 g/mol. The second-order valence-corrected chi connectivity index (χ2v) is 13.9. The predicted octanol–water partition coefficient (Wildman–Crippen LogP) is 13.8. The summed E-state index contributed by atoms with van der Waals surface area (Å²) in [7, 11) is 0. The lowest BCUT2D eigenvalue weighted by molar-refractivity contribution is 1.32. The normalized spacial score (nSPS) is 11.3. The minimum atomic E-state index is 0.916. The summed E-state index contributed by atoms with van der Waals surface area (Å²) in [6.45, 7) is 0. The molecule has 0 fully saturated rings. The van der Waals surface area contributed by atoms with Crippen molar-refractivity contribution >= 4 is 21.8 Å². The number of H-pyrrole nitrogens is 1. The number of nitrogens with one attached hydrogen (secondary N) is 1. The van der Waals surface area contributed by atoms with Gasteiger partial charge in [0.1, 0.15) is 0 Å². The molecule has 0 aliphatic heterocycles. The van der Waals surface area contributed by atoms with E-state index in [1.54, 1.807) is 0 Å². The number of hydrogen-bond acceptors (Lipinski definition) is 2. The zero-order valence-corrected chi connectivity index (χ0v) is 30.0. The predicted molar refractivity (Wildman–Crippen MR) is 229 cm³/mol. The third-order valence-electron chi connectivity index (χ3n) is 10.5. The zero-order valence-electron chi connectivity index (χ0n) is 30.0. The Morgan fingerprint density at radius 1 is 0.291 bits per heavy atom. The van der Waals surface area contributed by atoms with Crippen molar-refractivity contribution in [3.63, 3.8) is 0 Å². The Labute approximate surface area is 320 Å². The SMILES string of the molecule is c1ccc(-c2ccc(-c3ccnc(-c4cccc5c4[nH]c4c(-c6cc(-c7ccccc7)cc(-c7cccc(-c8ccccc8)c7)n6)cccc45)c3)cc2)cc1. The minimum absolute atomic E-state index is 0.916. The van der Waals surface area contributed by atoms with Gasteiger partial charge in [-0.15, -0.1) is 0 Å². The van der Waals surface area contributed by atoms with Crippen molar-refractivity contribution in [1.82, 2.24) is 15.0 Å². The van der Waals surface area contributed by atoms with Gasteiger partial charge in [-0.1, -0.05) is 170 Å². The molecule has 3 aromatic heterocycles. The van der Waals surface area contributed by atoms with Crippen LogP contribution in [0.3, 0.4) is 0 Å². The second kappa shape index (κ2) is 13.9. The van der Waals surface area contributed by atoms with Crippen LogP contribution in [0.5, 0.6) is 0 Å². The summed E-state index contributed by atoms with van der Waals surface area (Å²) in [6.07, 6.45) is 1.91. The smallest absolute Gasteiger partial charge is 0.0736 e. The van der Waals surface area contributed by atoms with Crippen molar-refractivity contribution < 1.29 is 0 Å². The summed E-state index contributed by atoms with van der Waals surface area (Å²) >= 11 is 0. The van der Waals surface area contributed by atoms with Crippen LogP contribution in [0.2, 0.25) is 0 Å². The van der Waals surface area contributed by atoms with Crippen molar-refractivity contribution in [3.8, 4) is 78.3 Å². The van der Waals surface area contributed by atoms with Crippen molar-refractivity contribution in [2.24, 2.45) is 0 Å². The lowest BCUT2D eigenvalue weighted by atomic mass is 9.97. The molecule has 3 heteroatoms. The van der Waals surface area contributed by atoms with Gasteiger partial charge in [-0.25, -0.2) is 4.98 Å². The Morgan fingerprint density at radius 2 is 0.727 bits per heavy atom. The van der Waals surface area contributed by atoms with Crippen molar-refractivity contribution in [2.45, 2.75) is 0 Å². The number of rotatable bonds is 7. The summed E-state index contributed by atoms with van der Waals surface area (Å²) in [4.78, 5) is 14.1. The van der Waals surface area contributed by atoms with Gasteiger partial charge in [-0.05, 0) is 74.8 Å². The number of hydrogen-bond donors (Lipinski definition) is 1. The van der Waals surface area contributed by atoms with Gasteiger partial charge < -0.3 is 4.98 Å². The molecule has 0 radical (unpaired) electrons. The van der Waals surface area contributed by atoms with Crippen molar-refractivity contribution in [2.75, 3.05) is 0 Å². The topological polar surface area (TPSA) is 41.6 Å². The number of aromatic nitrogens is 3. The number of pyridine rings is 2. The Morgan fingerprint density at radius 3 is 1.36 bits per heavy atom. The van der Waals surface area contributed by atoms with Gasteiger partial charge in [0.05, 0.1) is 28.1 Å². The molecule has 10 rings (SSSR count). The number of aromatic amines is 1. The average Bonchev–Trinajstić information content (AvgIpc) is 3.67. The first-order valence-electron chi connectivity index (χ1n) is 18.6. The monoisotopic (exact) mass is 701 g/mol. The Kier molecular flexibility index (Phi) is 8.16. The summed E-state index contributed by atoms with van der Waals surface area (Å²) in [5.74, 6) is 0. The molecule has 55 heavy (non-hydrogen) atoms. The maximum absolute atomic E-state index is 5.37. The molecule has 7 aromatic carbocycles. The third-order valence-corrected chi connectivity index (χ3v) is 10.5. The maximum Gasteiger partial charge on any atom is 0.0736 e. The number of fused-ring (bicyclic) bond motifs is 3. The van der Waals surface area contributed by atoms with Crippen LogP contribution in [0.1, 0.15) is 0 Å². The van der Waals surface area contributed by atoms with Gasteiger partial charge in [-0.3, -0.25) is 4.98 Å². The van der Waals surface area contributed by atoms with Crippen LogP contribution in [-0.4, -0.2) is 15.0 Å². The van der Waals surface area contributed by atoms with E-state index in [4.69, 9.17) is 9.97 Å². The Balaban J connectivity index is 1.08. The van der Waals surface area contributed by atoms with E-state index >= 15 is 0 Å². The Bertz CT molecular complexity index is 2950. The van der Waals surface area contributed by atoms with Gasteiger partial charge in [0.2, 0.25) is 0 Å². The van der Waals surface area contributed by atoms with Crippen LogP contribution in [0.4, 0.5) is 0 Å². The fourth-order valence-corrected chi connectivity index (χ4v) is 7.72. The number of para-hydroxylation sites is 2. The summed E-state index contributed by atoms with van der Waals surface area (Å²) in [6, 6.07) is 70.7.